The summed E-state index contributed by atoms with van der Waals surface area (Å²) < 4.78 is 0. The third kappa shape index (κ3) is 2.17. The van der Waals surface area contributed by atoms with Crippen LogP contribution in [-0.2, 0) is 4.79 Å². The normalized spacial score (nSPS) is 21.4. The minimum Gasteiger partial charge on any atom is -0.362 e. The van der Waals surface area contributed by atoms with Crippen molar-refractivity contribution in [1.82, 2.24) is 4.98 Å². The van der Waals surface area contributed by atoms with Crippen LogP contribution in [0.25, 0.3) is 0 Å². The van der Waals surface area contributed by atoms with E-state index >= 15 is 0 Å². The second-order valence-corrected chi connectivity index (χ2v) is 4.05. The molecule has 0 aromatic carbocycles. The summed E-state index contributed by atoms with van der Waals surface area (Å²) in [4.78, 5) is 17.3. The van der Waals surface area contributed by atoms with Crippen molar-refractivity contribution in [1.29, 1.82) is 0 Å². The molecule has 1 fully saturated rings. The summed E-state index contributed by atoms with van der Waals surface area (Å²) >= 11 is 0. The molecule has 0 radical (unpaired) electrons. The topological polar surface area (TPSA) is 33.2 Å². The molecule has 0 saturated carbocycles. The Kier molecular flexibility index (Phi) is 2.99. The number of hydrogen-bond acceptors (Lipinski definition) is 3. The summed E-state index contributed by atoms with van der Waals surface area (Å²) in [5, 5.41) is 0. The van der Waals surface area contributed by atoms with Gasteiger partial charge in [0, 0.05) is 24.1 Å². The zero-order valence-electron chi connectivity index (χ0n) is 9.02. The van der Waals surface area contributed by atoms with E-state index in [1.54, 1.807) is 6.20 Å². The molecular weight excluding hydrogens is 188 g/mol. The molecule has 3 nitrogen and oxygen atoms in total. The summed E-state index contributed by atoms with van der Waals surface area (Å²) in [5.41, 5.74) is 2.13. The van der Waals surface area contributed by atoms with Gasteiger partial charge < -0.3 is 9.69 Å². The zero-order valence-corrected chi connectivity index (χ0v) is 9.02. The fraction of sp³-hybridized carbons (Fsp3) is 0.500. The van der Waals surface area contributed by atoms with Crippen LogP contribution >= 0.6 is 0 Å². The highest BCUT2D eigenvalue weighted by molar-refractivity contribution is 5.66. The van der Waals surface area contributed by atoms with Crippen molar-refractivity contribution in [3.8, 4) is 0 Å². The Morgan fingerprint density at radius 1 is 1.53 bits per heavy atom. The maximum absolute atomic E-state index is 11.0. The molecule has 2 heterocycles. The van der Waals surface area contributed by atoms with Crippen molar-refractivity contribution in [2.45, 2.75) is 32.2 Å². The van der Waals surface area contributed by atoms with Crippen LogP contribution in [0.5, 0.6) is 0 Å². The number of rotatable bonds is 2. The average molecular weight is 204 g/mol. The quantitative estimate of drug-likeness (QED) is 0.690. The Morgan fingerprint density at radius 2 is 2.40 bits per heavy atom. The van der Waals surface area contributed by atoms with Gasteiger partial charge in [-0.1, -0.05) is 0 Å². The minimum absolute atomic E-state index is 0.0561. The number of carbonyl (C=O) groups excluding carboxylic acids is 1. The molecule has 0 spiro atoms. The van der Waals surface area contributed by atoms with Gasteiger partial charge in [0.2, 0.25) is 0 Å². The molecule has 0 amide bonds. The van der Waals surface area contributed by atoms with Crippen LogP contribution < -0.4 is 4.90 Å². The SMILES string of the molecule is Cc1cc(N2CCCCC2C=O)ccn1. The number of aryl methyl sites for hydroxylation is 1. The van der Waals surface area contributed by atoms with Crippen molar-refractivity contribution in [3.63, 3.8) is 0 Å². The standard InChI is InChI=1S/C12H16N2O/c1-10-8-11(5-6-13-10)14-7-3-2-4-12(14)9-15/h5-6,8-9,12H,2-4,7H2,1H3. The van der Waals surface area contributed by atoms with Crippen LogP contribution in [0.4, 0.5) is 5.69 Å². The van der Waals surface area contributed by atoms with Gasteiger partial charge in [-0.15, -0.1) is 0 Å². The lowest BCUT2D eigenvalue weighted by Gasteiger charge is -2.34. The number of hydrogen-bond donors (Lipinski definition) is 0. The van der Waals surface area contributed by atoms with Crippen molar-refractivity contribution in [2.24, 2.45) is 0 Å². The summed E-state index contributed by atoms with van der Waals surface area (Å²) in [6.07, 6.45) is 6.18. The predicted molar refractivity (Wildman–Crippen MR) is 60.0 cm³/mol. The van der Waals surface area contributed by atoms with Crippen LogP contribution in [0.15, 0.2) is 18.3 Å². The van der Waals surface area contributed by atoms with Gasteiger partial charge in [-0.25, -0.2) is 0 Å². The molecule has 1 unspecified atom stereocenters. The van der Waals surface area contributed by atoms with Crippen LogP contribution in [-0.4, -0.2) is 23.9 Å². The first-order valence-corrected chi connectivity index (χ1v) is 5.46. The molecule has 2 rings (SSSR count). The van der Waals surface area contributed by atoms with Crippen LogP contribution in [0.2, 0.25) is 0 Å². The van der Waals surface area contributed by atoms with E-state index in [0.29, 0.717) is 0 Å². The van der Waals surface area contributed by atoms with E-state index in [-0.39, 0.29) is 6.04 Å². The lowest BCUT2D eigenvalue weighted by Crippen LogP contribution is -2.40. The molecule has 15 heavy (non-hydrogen) atoms. The van der Waals surface area contributed by atoms with E-state index < -0.39 is 0 Å². The van der Waals surface area contributed by atoms with Crippen molar-refractivity contribution < 1.29 is 4.79 Å². The summed E-state index contributed by atoms with van der Waals surface area (Å²) in [7, 11) is 0. The van der Waals surface area contributed by atoms with Crippen LogP contribution in [0, 0.1) is 6.92 Å². The number of piperidine rings is 1. The number of aldehydes is 1. The highest BCUT2D eigenvalue weighted by Crippen LogP contribution is 2.23. The molecule has 1 aromatic heterocycles. The molecule has 1 aliphatic heterocycles. The van der Waals surface area contributed by atoms with Gasteiger partial charge in [0.15, 0.2) is 0 Å². The first-order valence-electron chi connectivity index (χ1n) is 5.46. The number of aromatic nitrogens is 1. The number of carbonyl (C=O) groups is 1. The average Bonchev–Trinajstić information content (AvgIpc) is 2.29. The Balaban J connectivity index is 2.23. The van der Waals surface area contributed by atoms with E-state index in [4.69, 9.17) is 0 Å². The van der Waals surface area contributed by atoms with Gasteiger partial charge in [0.25, 0.3) is 0 Å². The van der Waals surface area contributed by atoms with Crippen molar-refractivity contribution in [2.75, 3.05) is 11.4 Å². The Labute approximate surface area is 90.1 Å². The smallest absolute Gasteiger partial charge is 0.142 e. The maximum Gasteiger partial charge on any atom is 0.142 e. The third-order valence-corrected chi connectivity index (χ3v) is 2.92. The predicted octanol–water partition coefficient (Wildman–Crippen LogP) is 1.95. The molecule has 80 valence electrons. The van der Waals surface area contributed by atoms with Gasteiger partial charge in [0.05, 0.1) is 6.04 Å². The number of anilines is 1. The molecule has 3 heteroatoms. The lowest BCUT2D eigenvalue weighted by molar-refractivity contribution is -0.109. The van der Waals surface area contributed by atoms with E-state index in [9.17, 15) is 4.79 Å². The van der Waals surface area contributed by atoms with Gasteiger partial charge in [0.1, 0.15) is 6.29 Å². The molecule has 1 aromatic rings. The van der Waals surface area contributed by atoms with Crippen LogP contribution in [0.3, 0.4) is 0 Å². The fourth-order valence-corrected chi connectivity index (χ4v) is 2.13. The Bertz CT molecular complexity index is 351. The Morgan fingerprint density at radius 3 is 3.13 bits per heavy atom. The molecule has 1 aliphatic rings. The first-order chi connectivity index (χ1) is 7.31. The number of pyridine rings is 1. The van der Waals surface area contributed by atoms with Gasteiger partial charge in [-0.2, -0.15) is 0 Å². The largest absolute Gasteiger partial charge is 0.362 e. The van der Waals surface area contributed by atoms with Gasteiger partial charge in [-0.05, 0) is 38.3 Å². The second-order valence-electron chi connectivity index (χ2n) is 4.05. The first kappa shape index (κ1) is 10.1. The third-order valence-electron chi connectivity index (χ3n) is 2.92. The van der Waals surface area contributed by atoms with E-state index in [0.717, 1.165) is 37.1 Å². The lowest BCUT2D eigenvalue weighted by atomic mass is 10.0. The zero-order chi connectivity index (χ0) is 10.7. The van der Waals surface area contributed by atoms with Gasteiger partial charge in [-0.3, -0.25) is 4.98 Å². The van der Waals surface area contributed by atoms with E-state index in [1.165, 1.54) is 6.42 Å². The summed E-state index contributed by atoms with van der Waals surface area (Å²) in [6.45, 7) is 2.95. The van der Waals surface area contributed by atoms with E-state index in [1.807, 2.05) is 19.1 Å². The maximum atomic E-state index is 11.0. The molecular formula is C12H16N2O. The van der Waals surface area contributed by atoms with Crippen molar-refractivity contribution in [3.05, 3.63) is 24.0 Å². The van der Waals surface area contributed by atoms with E-state index in [2.05, 4.69) is 9.88 Å². The monoisotopic (exact) mass is 204 g/mol. The second kappa shape index (κ2) is 4.43. The molecule has 1 atom stereocenters. The fourth-order valence-electron chi connectivity index (χ4n) is 2.13. The molecule has 0 N–H and O–H groups in total. The number of nitrogens with zero attached hydrogens (tertiary/aromatic N) is 2. The summed E-state index contributed by atoms with van der Waals surface area (Å²) in [5.74, 6) is 0. The summed E-state index contributed by atoms with van der Waals surface area (Å²) in [6, 6.07) is 4.08. The highest BCUT2D eigenvalue weighted by atomic mass is 16.1. The highest BCUT2D eigenvalue weighted by Gasteiger charge is 2.21. The van der Waals surface area contributed by atoms with Crippen LogP contribution in [0.1, 0.15) is 25.0 Å². The van der Waals surface area contributed by atoms with Gasteiger partial charge >= 0.3 is 0 Å². The molecule has 0 aliphatic carbocycles. The molecule has 1 saturated heterocycles. The molecule has 0 bridgehead atoms. The van der Waals surface area contributed by atoms with Crippen molar-refractivity contribution >= 4 is 12.0 Å². The Hall–Kier alpha value is -1.38. The minimum atomic E-state index is 0.0561.